The second kappa shape index (κ2) is 9.50. The van der Waals surface area contributed by atoms with E-state index in [0.717, 1.165) is 26.1 Å². The first-order valence-electron chi connectivity index (χ1n) is 12.5. The molecule has 3 aromatic rings. The Labute approximate surface area is 192 Å². The van der Waals surface area contributed by atoms with Crippen molar-refractivity contribution in [3.63, 3.8) is 0 Å². The van der Waals surface area contributed by atoms with Crippen LogP contribution in [0.1, 0.15) is 80.3 Å². The predicted molar refractivity (Wildman–Crippen MR) is 133 cm³/mol. The number of anilines is 1. The SMILES string of the molecule is CC(C)c1ccccc1-n1nc(C2CCCCN2Cc2ccccc2)c2c1NCCCC2. The van der Waals surface area contributed by atoms with Crippen molar-refractivity contribution < 1.29 is 0 Å². The Kier molecular flexibility index (Phi) is 6.31. The molecular formula is C28H36N4. The molecule has 1 saturated heterocycles. The van der Waals surface area contributed by atoms with Gasteiger partial charge < -0.3 is 5.32 Å². The zero-order valence-corrected chi connectivity index (χ0v) is 19.6. The van der Waals surface area contributed by atoms with E-state index in [1.54, 1.807) is 0 Å². The highest BCUT2D eigenvalue weighted by molar-refractivity contribution is 5.57. The molecule has 4 heteroatoms. The number of likely N-dealkylation sites (tertiary alicyclic amines) is 1. The molecule has 168 valence electrons. The van der Waals surface area contributed by atoms with Gasteiger partial charge in [-0.05, 0) is 61.8 Å². The van der Waals surface area contributed by atoms with E-state index in [1.165, 1.54) is 66.0 Å². The summed E-state index contributed by atoms with van der Waals surface area (Å²) in [5.41, 5.74) is 6.74. The molecule has 1 N–H and O–H groups in total. The summed E-state index contributed by atoms with van der Waals surface area (Å²) in [7, 11) is 0. The van der Waals surface area contributed by atoms with Crippen LogP contribution in [0.3, 0.4) is 0 Å². The predicted octanol–water partition coefficient (Wildman–Crippen LogP) is 6.47. The minimum absolute atomic E-state index is 0.394. The van der Waals surface area contributed by atoms with Gasteiger partial charge in [-0.15, -0.1) is 0 Å². The summed E-state index contributed by atoms with van der Waals surface area (Å²) >= 11 is 0. The molecule has 0 bridgehead atoms. The molecule has 0 amide bonds. The minimum Gasteiger partial charge on any atom is -0.370 e. The number of nitrogens with zero attached hydrogens (tertiary/aromatic N) is 3. The number of aromatic nitrogens is 2. The van der Waals surface area contributed by atoms with Gasteiger partial charge in [-0.3, -0.25) is 4.90 Å². The lowest BCUT2D eigenvalue weighted by atomic mass is 9.94. The molecule has 0 radical (unpaired) electrons. The quantitative estimate of drug-likeness (QED) is 0.505. The highest BCUT2D eigenvalue weighted by atomic mass is 15.4. The number of fused-ring (bicyclic) bond motifs is 1. The third-order valence-electron chi connectivity index (χ3n) is 7.11. The Morgan fingerprint density at radius 1 is 0.969 bits per heavy atom. The van der Waals surface area contributed by atoms with E-state index in [-0.39, 0.29) is 0 Å². The van der Waals surface area contributed by atoms with Crippen LogP contribution < -0.4 is 5.32 Å². The Morgan fingerprint density at radius 3 is 2.62 bits per heavy atom. The number of hydrogen-bond donors (Lipinski definition) is 1. The first-order chi connectivity index (χ1) is 15.7. The molecule has 0 aliphatic carbocycles. The van der Waals surface area contributed by atoms with Crippen molar-refractivity contribution in [2.24, 2.45) is 0 Å². The molecule has 2 aromatic carbocycles. The van der Waals surface area contributed by atoms with E-state index in [2.05, 4.69) is 83.3 Å². The maximum atomic E-state index is 5.37. The van der Waals surface area contributed by atoms with E-state index in [9.17, 15) is 0 Å². The van der Waals surface area contributed by atoms with E-state index in [0.29, 0.717) is 12.0 Å². The van der Waals surface area contributed by atoms with Crippen LogP contribution in [-0.2, 0) is 13.0 Å². The normalized spacial score (nSPS) is 19.4. The van der Waals surface area contributed by atoms with Gasteiger partial charge in [0.1, 0.15) is 5.82 Å². The van der Waals surface area contributed by atoms with Crippen LogP contribution in [0.5, 0.6) is 0 Å². The number of benzene rings is 2. The van der Waals surface area contributed by atoms with Crippen molar-refractivity contribution in [1.82, 2.24) is 14.7 Å². The van der Waals surface area contributed by atoms with Crippen molar-refractivity contribution in [3.05, 3.63) is 77.0 Å². The van der Waals surface area contributed by atoms with E-state index in [4.69, 9.17) is 5.10 Å². The molecule has 32 heavy (non-hydrogen) atoms. The minimum atomic E-state index is 0.394. The van der Waals surface area contributed by atoms with Gasteiger partial charge in [0.2, 0.25) is 0 Å². The molecule has 4 nitrogen and oxygen atoms in total. The van der Waals surface area contributed by atoms with Crippen molar-refractivity contribution in [3.8, 4) is 5.69 Å². The maximum Gasteiger partial charge on any atom is 0.133 e. The lowest BCUT2D eigenvalue weighted by Gasteiger charge is -2.35. The zero-order chi connectivity index (χ0) is 21.9. The molecule has 1 aromatic heterocycles. The fourth-order valence-electron chi connectivity index (χ4n) is 5.45. The first-order valence-corrected chi connectivity index (χ1v) is 12.5. The first kappa shape index (κ1) is 21.3. The Morgan fingerprint density at radius 2 is 1.78 bits per heavy atom. The fraction of sp³-hybridized carbons (Fsp3) is 0.464. The molecular weight excluding hydrogens is 392 g/mol. The summed E-state index contributed by atoms with van der Waals surface area (Å²) in [6, 6.07) is 20.1. The summed E-state index contributed by atoms with van der Waals surface area (Å²) in [6.45, 7) is 7.73. The average molecular weight is 429 g/mol. The monoisotopic (exact) mass is 428 g/mol. The summed E-state index contributed by atoms with van der Waals surface area (Å²) < 4.78 is 2.24. The van der Waals surface area contributed by atoms with Gasteiger partial charge in [0.25, 0.3) is 0 Å². The van der Waals surface area contributed by atoms with Crippen LogP contribution in [0.25, 0.3) is 5.69 Å². The molecule has 3 heterocycles. The largest absolute Gasteiger partial charge is 0.370 e. The van der Waals surface area contributed by atoms with Crippen LogP contribution in [0, 0.1) is 0 Å². The van der Waals surface area contributed by atoms with Gasteiger partial charge in [-0.1, -0.05) is 68.8 Å². The van der Waals surface area contributed by atoms with Gasteiger partial charge in [-0.2, -0.15) is 5.10 Å². The number of nitrogens with one attached hydrogen (secondary N) is 1. The van der Waals surface area contributed by atoms with E-state index >= 15 is 0 Å². The van der Waals surface area contributed by atoms with Crippen LogP contribution in [-0.4, -0.2) is 27.8 Å². The van der Waals surface area contributed by atoms with Crippen molar-refractivity contribution in [2.75, 3.05) is 18.4 Å². The Balaban J connectivity index is 1.58. The smallest absolute Gasteiger partial charge is 0.133 e. The highest BCUT2D eigenvalue weighted by Crippen LogP contribution is 2.39. The van der Waals surface area contributed by atoms with Crippen molar-refractivity contribution >= 4 is 5.82 Å². The van der Waals surface area contributed by atoms with Crippen LogP contribution >= 0.6 is 0 Å². The van der Waals surface area contributed by atoms with Crippen LogP contribution in [0.4, 0.5) is 5.82 Å². The van der Waals surface area contributed by atoms with Gasteiger partial charge in [-0.25, -0.2) is 4.68 Å². The van der Waals surface area contributed by atoms with E-state index in [1.807, 2.05) is 0 Å². The summed E-state index contributed by atoms with van der Waals surface area (Å²) in [5, 5.41) is 9.14. The number of para-hydroxylation sites is 1. The summed E-state index contributed by atoms with van der Waals surface area (Å²) in [6.07, 6.45) is 7.34. The van der Waals surface area contributed by atoms with Crippen LogP contribution in [0.2, 0.25) is 0 Å². The lowest BCUT2D eigenvalue weighted by molar-refractivity contribution is 0.136. The van der Waals surface area contributed by atoms with Crippen molar-refractivity contribution in [2.45, 2.75) is 70.9 Å². The van der Waals surface area contributed by atoms with Gasteiger partial charge in [0, 0.05) is 18.7 Å². The Bertz CT molecular complexity index is 1040. The number of piperidine rings is 1. The maximum absolute atomic E-state index is 5.37. The molecule has 2 aliphatic heterocycles. The third-order valence-corrected chi connectivity index (χ3v) is 7.11. The molecule has 1 unspecified atom stereocenters. The second-order valence-electron chi connectivity index (χ2n) is 9.69. The second-order valence-corrected chi connectivity index (χ2v) is 9.69. The van der Waals surface area contributed by atoms with Gasteiger partial charge in [0.05, 0.1) is 17.4 Å². The average Bonchev–Trinajstić information content (AvgIpc) is 3.00. The fourth-order valence-corrected chi connectivity index (χ4v) is 5.45. The zero-order valence-electron chi connectivity index (χ0n) is 19.6. The van der Waals surface area contributed by atoms with Gasteiger partial charge >= 0.3 is 0 Å². The molecule has 5 rings (SSSR count). The molecule has 0 saturated carbocycles. The molecule has 1 fully saturated rings. The van der Waals surface area contributed by atoms with Crippen molar-refractivity contribution in [1.29, 1.82) is 0 Å². The Hall–Kier alpha value is -2.59. The van der Waals surface area contributed by atoms with Crippen LogP contribution in [0.15, 0.2) is 54.6 Å². The highest BCUT2D eigenvalue weighted by Gasteiger charge is 2.32. The van der Waals surface area contributed by atoms with Gasteiger partial charge in [0.15, 0.2) is 0 Å². The summed E-state index contributed by atoms with van der Waals surface area (Å²) in [5.74, 6) is 1.69. The van der Waals surface area contributed by atoms with E-state index < -0.39 is 0 Å². The lowest BCUT2D eigenvalue weighted by Crippen LogP contribution is -2.33. The summed E-state index contributed by atoms with van der Waals surface area (Å²) in [4.78, 5) is 2.67. The topological polar surface area (TPSA) is 33.1 Å². The molecule has 0 spiro atoms. The number of hydrogen-bond acceptors (Lipinski definition) is 3. The standard InChI is InChI=1S/C28H36N4/c1-21(2)23-14-6-7-16-25(23)32-28-24(15-8-10-18-29-28)27(30-32)26-17-9-11-19-31(26)20-22-12-4-3-5-13-22/h3-7,12-14,16,21,26,29H,8-11,15,17-20H2,1-2H3. The molecule has 2 aliphatic rings. The molecule has 1 atom stereocenters. The number of rotatable bonds is 5. The third kappa shape index (κ3) is 4.21.